The van der Waals surface area contributed by atoms with Crippen molar-refractivity contribution >= 4 is 16.6 Å². The summed E-state index contributed by atoms with van der Waals surface area (Å²) in [6.45, 7) is -0.179. The van der Waals surface area contributed by atoms with Gasteiger partial charge in [0.2, 0.25) is 0 Å². The van der Waals surface area contributed by atoms with Gasteiger partial charge in [-0.15, -0.1) is 0 Å². The maximum absolute atomic E-state index is 14.2. The molecule has 1 N–H and O–H groups in total. The minimum Gasteiger partial charge on any atom is -0.379 e. The van der Waals surface area contributed by atoms with Crippen molar-refractivity contribution in [3.63, 3.8) is 0 Å². The van der Waals surface area contributed by atoms with E-state index in [1.165, 1.54) is 12.1 Å². The molecule has 25 heavy (non-hydrogen) atoms. The lowest BCUT2D eigenvalue weighted by atomic mass is 10.0. The molecule has 1 aliphatic rings. The van der Waals surface area contributed by atoms with Crippen LogP contribution in [0.25, 0.3) is 10.9 Å². The molecule has 0 bridgehead atoms. The first kappa shape index (κ1) is 17.5. The molecule has 0 spiro atoms. The zero-order valence-electron chi connectivity index (χ0n) is 13.6. The molecule has 1 aromatic heterocycles. The number of piperidine rings is 1. The quantitative estimate of drug-likeness (QED) is 0.858. The second-order valence-electron chi connectivity index (χ2n) is 6.40. The van der Waals surface area contributed by atoms with Gasteiger partial charge >= 0.3 is 6.18 Å². The number of halogens is 4. The third kappa shape index (κ3) is 3.71. The molecule has 134 valence electrons. The predicted octanol–water partition coefficient (Wildman–Crippen LogP) is 3.53. The Labute approximate surface area is 142 Å². The zero-order valence-corrected chi connectivity index (χ0v) is 13.6. The van der Waals surface area contributed by atoms with Crippen molar-refractivity contribution in [2.24, 2.45) is 0 Å². The molecule has 1 aromatic carbocycles. The van der Waals surface area contributed by atoms with Gasteiger partial charge in [-0.05, 0) is 31.7 Å². The predicted molar refractivity (Wildman–Crippen MR) is 87.1 cm³/mol. The first-order chi connectivity index (χ1) is 11.8. The van der Waals surface area contributed by atoms with Gasteiger partial charge < -0.3 is 14.8 Å². The third-order valence-electron chi connectivity index (χ3n) is 4.48. The van der Waals surface area contributed by atoms with Crippen LogP contribution in [-0.4, -0.2) is 48.0 Å². The zero-order chi connectivity index (χ0) is 18.2. The van der Waals surface area contributed by atoms with E-state index in [2.05, 4.69) is 5.32 Å². The van der Waals surface area contributed by atoms with Gasteiger partial charge in [-0.1, -0.05) is 6.07 Å². The molecular formula is C17H18F4N4. The maximum atomic E-state index is 14.2. The van der Waals surface area contributed by atoms with E-state index in [-0.39, 0.29) is 5.69 Å². The van der Waals surface area contributed by atoms with Crippen molar-refractivity contribution in [3.05, 3.63) is 30.0 Å². The SMILES string of the molecule is CN1CC[C@@H](Nc2cccc3c2cc(C#N)n3CC(F)(F)F)[C@@H](F)C1. The monoisotopic (exact) mass is 354 g/mol. The van der Waals surface area contributed by atoms with Crippen LogP contribution in [0, 0.1) is 11.3 Å². The van der Waals surface area contributed by atoms with Crippen LogP contribution in [-0.2, 0) is 6.54 Å². The minimum absolute atomic E-state index is 0.0678. The largest absolute Gasteiger partial charge is 0.406 e. The molecule has 1 saturated heterocycles. The lowest BCUT2D eigenvalue weighted by Gasteiger charge is -2.33. The van der Waals surface area contributed by atoms with Gasteiger partial charge in [0.05, 0.1) is 11.6 Å². The molecule has 2 heterocycles. The number of hydrogen-bond acceptors (Lipinski definition) is 3. The Balaban J connectivity index is 1.96. The molecule has 2 atom stereocenters. The van der Waals surface area contributed by atoms with Gasteiger partial charge in [0.15, 0.2) is 0 Å². The minimum atomic E-state index is -4.43. The van der Waals surface area contributed by atoms with E-state index in [9.17, 15) is 22.8 Å². The summed E-state index contributed by atoms with van der Waals surface area (Å²) in [4.78, 5) is 1.90. The number of hydrogen-bond donors (Lipinski definition) is 1. The number of likely N-dealkylation sites (tertiary alicyclic amines) is 1. The van der Waals surface area contributed by atoms with Gasteiger partial charge in [0, 0.05) is 24.2 Å². The van der Waals surface area contributed by atoms with Crippen LogP contribution in [0.2, 0.25) is 0 Å². The van der Waals surface area contributed by atoms with Crippen LogP contribution in [0.15, 0.2) is 24.3 Å². The highest BCUT2D eigenvalue weighted by molar-refractivity contribution is 5.94. The summed E-state index contributed by atoms with van der Waals surface area (Å²) in [5.41, 5.74) is 0.788. The number of anilines is 1. The fourth-order valence-electron chi connectivity index (χ4n) is 3.27. The summed E-state index contributed by atoms with van der Waals surface area (Å²) in [5, 5.41) is 12.8. The summed E-state index contributed by atoms with van der Waals surface area (Å²) >= 11 is 0. The van der Waals surface area contributed by atoms with Gasteiger partial charge in [-0.3, -0.25) is 0 Å². The highest BCUT2D eigenvalue weighted by atomic mass is 19.4. The van der Waals surface area contributed by atoms with Gasteiger partial charge in [-0.25, -0.2) is 4.39 Å². The Morgan fingerprint density at radius 3 is 2.76 bits per heavy atom. The van der Waals surface area contributed by atoms with E-state index >= 15 is 0 Å². The van der Waals surface area contributed by atoms with Crippen LogP contribution in [0.5, 0.6) is 0 Å². The van der Waals surface area contributed by atoms with Crippen molar-refractivity contribution in [3.8, 4) is 6.07 Å². The molecule has 4 nitrogen and oxygen atoms in total. The van der Waals surface area contributed by atoms with E-state index in [0.717, 1.165) is 11.1 Å². The average Bonchev–Trinajstić information content (AvgIpc) is 2.87. The third-order valence-corrected chi connectivity index (χ3v) is 4.48. The second-order valence-corrected chi connectivity index (χ2v) is 6.40. The van der Waals surface area contributed by atoms with Crippen molar-refractivity contribution in [2.45, 2.75) is 31.4 Å². The second kappa shape index (κ2) is 6.56. The van der Waals surface area contributed by atoms with Crippen molar-refractivity contribution in [1.82, 2.24) is 9.47 Å². The standard InChI is InChI=1S/C17H18F4N4/c1-24-6-5-15(13(18)9-24)23-14-3-2-4-16-12(14)7-11(8-22)25(16)10-17(19,20)21/h2-4,7,13,15,23H,5-6,9-10H2,1H3/t13-,15+/m0/s1. The maximum Gasteiger partial charge on any atom is 0.406 e. The first-order valence-corrected chi connectivity index (χ1v) is 7.97. The van der Waals surface area contributed by atoms with Gasteiger partial charge in [0.25, 0.3) is 0 Å². The fourth-order valence-corrected chi connectivity index (χ4v) is 3.27. The number of rotatable bonds is 3. The fraction of sp³-hybridized carbons (Fsp3) is 0.471. The normalized spacial score (nSPS) is 22.1. The van der Waals surface area contributed by atoms with Crippen molar-refractivity contribution in [1.29, 1.82) is 5.26 Å². The van der Waals surface area contributed by atoms with E-state index in [0.29, 0.717) is 29.6 Å². The molecule has 3 rings (SSSR count). The number of nitrogens with one attached hydrogen (secondary N) is 1. The van der Waals surface area contributed by atoms with Gasteiger partial charge in [0.1, 0.15) is 24.5 Å². The van der Waals surface area contributed by atoms with Crippen LogP contribution in [0.4, 0.5) is 23.2 Å². The Morgan fingerprint density at radius 2 is 2.12 bits per heavy atom. The number of aromatic nitrogens is 1. The van der Waals surface area contributed by atoms with E-state index in [1.807, 2.05) is 18.0 Å². The van der Waals surface area contributed by atoms with E-state index in [4.69, 9.17) is 0 Å². The van der Waals surface area contributed by atoms with E-state index < -0.39 is 24.9 Å². The molecule has 0 radical (unpaired) electrons. The topological polar surface area (TPSA) is 44.0 Å². The van der Waals surface area contributed by atoms with Crippen molar-refractivity contribution in [2.75, 3.05) is 25.5 Å². The van der Waals surface area contributed by atoms with Crippen LogP contribution >= 0.6 is 0 Å². The Hall–Kier alpha value is -2.27. The lowest BCUT2D eigenvalue weighted by molar-refractivity contribution is -0.140. The first-order valence-electron chi connectivity index (χ1n) is 7.97. The van der Waals surface area contributed by atoms with Crippen molar-refractivity contribution < 1.29 is 17.6 Å². The molecule has 8 heteroatoms. The molecule has 1 aliphatic heterocycles. The Morgan fingerprint density at radius 1 is 1.36 bits per heavy atom. The molecule has 0 saturated carbocycles. The van der Waals surface area contributed by atoms with E-state index in [1.54, 1.807) is 12.1 Å². The summed E-state index contributed by atoms with van der Waals surface area (Å²) in [6, 6.07) is 7.67. The summed E-state index contributed by atoms with van der Waals surface area (Å²) in [6.07, 6.45) is -4.90. The Kier molecular flexibility index (Phi) is 4.60. The summed E-state index contributed by atoms with van der Waals surface area (Å²) in [5.74, 6) is 0. The molecule has 0 unspecified atom stereocenters. The number of benzene rings is 1. The number of fused-ring (bicyclic) bond motifs is 1. The molecule has 2 aromatic rings. The summed E-state index contributed by atoms with van der Waals surface area (Å²) in [7, 11) is 1.85. The molecule has 1 fully saturated rings. The highest BCUT2D eigenvalue weighted by Crippen LogP contribution is 2.31. The average molecular weight is 354 g/mol. The smallest absolute Gasteiger partial charge is 0.379 e. The number of nitriles is 1. The Bertz CT molecular complexity index is 805. The van der Waals surface area contributed by atoms with Gasteiger partial charge in [-0.2, -0.15) is 18.4 Å². The number of nitrogens with zero attached hydrogens (tertiary/aromatic N) is 3. The molecule has 0 aliphatic carbocycles. The number of alkyl halides is 4. The molecular weight excluding hydrogens is 336 g/mol. The molecule has 0 amide bonds. The van der Waals surface area contributed by atoms with Crippen LogP contribution in [0.1, 0.15) is 12.1 Å². The summed E-state index contributed by atoms with van der Waals surface area (Å²) < 4.78 is 53.7. The van der Waals surface area contributed by atoms with Crippen LogP contribution in [0.3, 0.4) is 0 Å². The highest BCUT2D eigenvalue weighted by Gasteiger charge is 2.31. The lowest BCUT2D eigenvalue weighted by Crippen LogP contribution is -2.46. The van der Waals surface area contributed by atoms with Crippen LogP contribution < -0.4 is 5.32 Å².